The molecule has 0 aliphatic rings. The maximum absolute atomic E-state index is 11.0. The Morgan fingerprint density at radius 2 is 1.00 bits per heavy atom. The van der Waals surface area contributed by atoms with Gasteiger partial charge in [-0.3, -0.25) is 0 Å². The molecular formula is C23H47NaO4S. The fourth-order valence-corrected chi connectivity index (χ4v) is 4.71. The molecule has 2 atom stereocenters. The average molecular weight is 443 g/mol. The van der Waals surface area contributed by atoms with Crippen LogP contribution >= 0.6 is 0 Å². The third-order valence-corrected chi connectivity index (χ3v) is 7.20. The van der Waals surface area contributed by atoms with Crippen molar-refractivity contribution in [2.24, 2.45) is 0 Å². The average Bonchev–Trinajstić information content (AvgIpc) is 2.64. The first kappa shape index (κ1) is 32.1. The standard InChI is InChI=1S/C23H48O4S.Na/c1-3-5-6-7-8-9-10-11-12-13-14-15-16-19-22(24)20-17-18-21-23(4-2)28(25,26)27;/h22-24H,3-21H2,1-2H3,(H,25,26,27);/q;+1/p-1. The van der Waals surface area contributed by atoms with Gasteiger partial charge in [-0.1, -0.05) is 110 Å². The van der Waals surface area contributed by atoms with Crippen molar-refractivity contribution in [2.75, 3.05) is 0 Å². The SMILES string of the molecule is CCCCCCCCCCCCCCCC(O)CCCCC(CC)S(=O)(=O)[O-].[Na+]. The van der Waals surface area contributed by atoms with Crippen LogP contribution in [0.2, 0.25) is 0 Å². The minimum absolute atomic E-state index is 0. The molecule has 0 aromatic carbocycles. The molecule has 0 saturated heterocycles. The van der Waals surface area contributed by atoms with E-state index in [-0.39, 0.29) is 35.7 Å². The summed E-state index contributed by atoms with van der Waals surface area (Å²) < 4.78 is 33.1. The quantitative estimate of drug-likeness (QED) is 0.167. The number of hydrogen-bond acceptors (Lipinski definition) is 4. The molecule has 0 bridgehead atoms. The third-order valence-electron chi connectivity index (χ3n) is 5.82. The number of aliphatic hydroxyl groups excluding tert-OH is 1. The zero-order valence-corrected chi connectivity index (χ0v) is 22.5. The summed E-state index contributed by atoms with van der Waals surface area (Å²) in [6.07, 6.45) is 20.9. The predicted octanol–water partition coefficient (Wildman–Crippen LogP) is 3.72. The van der Waals surface area contributed by atoms with Gasteiger partial charge < -0.3 is 9.66 Å². The Bertz CT molecular complexity index is 429. The monoisotopic (exact) mass is 442 g/mol. The summed E-state index contributed by atoms with van der Waals surface area (Å²) in [5.74, 6) is 0. The minimum Gasteiger partial charge on any atom is -0.748 e. The largest absolute Gasteiger partial charge is 1.00 e. The van der Waals surface area contributed by atoms with Gasteiger partial charge >= 0.3 is 29.6 Å². The van der Waals surface area contributed by atoms with Crippen molar-refractivity contribution in [2.45, 2.75) is 147 Å². The van der Waals surface area contributed by atoms with Gasteiger partial charge in [0.25, 0.3) is 0 Å². The van der Waals surface area contributed by atoms with Crippen molar-refractivity contribution in [1.29, 1.82) is 0 Å². The van der Waals surface area contributed by atoms with Gasteiger partial charge in [-0.15, -0.1) is 0 Å². The van der Waals surface area contributed by atoms with Crippen LogP contribution in [0, 0.1) is 0 Å². The molecular weight excluding hydrogens is 395 g/mol. The van der Waals surface area contributed by atoms with E-state index in [1.807, 2.05) is 0 Å². The molecule has 0 saturated carbocycles. The van der Waals surface area contributed by atoms with E-state index in [0.717, 1.165) is 19.3 Å². The van der Waals surface area contributed by atoms with Gasteiger partial charge in [0.15, 0.2) is 0 Å². The van der Waals surface area contributed by atoms with Gasteiger partial charge in [0, 0.05) is 5.25 Å². The normalized spacial score (nSPS) is 13.8. The first-order chi connectivity index (χ1) is 13.4. The molecule has 0 radical (unpaired) electrons. The summed E-state index contributed by atoms with van der Waals surface area (Å²) in [5, 5.41) is 9.27. The maximum Gasteiger partial charge on any atom is 1.00 e. The number of rotatable bonds is 21. The summed E-state index contributed by atoms with van der Waals surface area (Å²) in [4.78, 5) is 0. The molecule has 1 N–H and O–H groups in total. The first-order valence-electron chi connectivity index (χ1n) is 12.0. The smallest absolute Gasteiger partial charge is 0.748 e. The third kappa shape index (κ3) is 21.9. The van der Waals surface area contributed by atoms with Crippen molar-refractivity contribution in [3.63, 3.8) is 0 Å². The fraction of sp³-hybridized carbons (Fsp3) is 1.00. The van der Waals surface area contributed by atoms with Crippen LogP contribution in [0.25, 0.3) is 0 Å². The molecule has 0 heterocycles. The summed E-state index contributed by atoms with van der Waals surface area (Å²) in [6.45, 7) is 4.00. The molecule has 2 unspecified atom stereocenters. The van der Waals surface area contributed by atoms with Crippen molar-refractivity contribution >= 4 is 10.1 Å². The Kier molecular flexibility index (Phi) is 24.4. The first-order valence-corrected chi connectivity index (χ1v) is 13.5. The summed E-state index contributed by atoms with van der Waals surface area (Å²) >= 11 is 0. The Hall–Kier alpha value is 0.870. The van der Waals surface area contributed by atoms with E-state index in [1.54, 1.807) is 6.92 Å². The van der Waals surface area contributed by atoms with E-state index in [1.165, 1.54) is 77.0 Å². The van der Waals surface area contributed by atoms with Crippen molar-refractivity contribution in [1.82, 2.24) is 0 Å². The van der Waals surface area contributed by atoms with Gasteiger partial charge in [-0.05, 0) is 25.7 Å². The summed E-state index contributed by atoms with van der Waals surface area (Å²) in [5.41, 5.74) is 0. The number of hydrogen-bond donors (Lipinski definition) is 1. The number of unbranched alkanes of at least 4 members (excludes halogenated alkanes) is 13. The van der Waals surface area contributed by atoms with E-state index in [4.69, 9.17) is 0 Å². The molecule has 4 nitrogen and oxygen atoms in total. The Morgan fingerprint density at radius 3 is 1.38 bits per heavy atom. The van der Waals surface area contributed by atoms with Crippen LogP contribution in [0.1, 0.15) is 136 Å². The predicted molar refractivity (Wildman–Crippen MR) is 119 cm³/mol. The second-order valence-electron chi connectivity index (χ2n) is 8.49. The fourth-order valence-electron chi connectivity index (χ4n) is 3.85. The van der Waals surface area contributed by atoms with Crippen LogP contribution in [0.15, 0.2) is 0 Å². The molecule has 0 aliphatic heterocycles. The van der Waals surface area contributed by atoms with E-state index in [9.17, 15) is 18.1 Å². The second kappa shape index (κ2) is 22.1. The number of aliphatic hydroxyl groups is 1. The van der Waals surface area contributed by atoms with Crippen LogP contribution < -0.4 is 29.6 Å². The zero-order chi connectivity index (χ0) is 21.1. The molecule has 0 fully saturated rings. The maximum atomic E-state index is 11.0. The molecule has 6 heteroatoms. The Balaban J connectivity index is 0. The van der Waals surface area contributed by atoms with Gasteiger partial charge in [-0.25, -0.2) is 8.42 Å². The van der Waals surface area contributed by atoms with Crippen LogP contribution in [-0.2, 0) is 10.1 Å². The van der Waals surface area contributed by atoms with E-state index in [2.05, 4.69) is 6.92 Å². The van der Waals surface area contributed by atoms with Gasteiger partial charge in [0.2, 0.25) is 0 Å². The summed E-state index contributed by atoms with van der Waals surface area (Å²) in [7, 11) is -4.16. The molecule has 0 aliphatic carbocycles. The van der Waals surface area contributed by atoms with Crippen LogP contribution in [0.5, 0.6) is 0 Å². The van der Waals surface area contributed by atoms with Gasteiger partial charge in [-0.2, -0.15) is 0 Å². The molecule has 0 aromatic heterocycles. The van der Waals surface area contributed by atoms with Crippen LogP contribution in [0.4, 0.5) is 0 Å². The van der Waals surface area contributed by atoms with Crippen molar-refractivity contribution in [3.8, 4) is 0 Å². The molecule has 0 rings (SSSR count). The van der Waals surface area contributed by atoms with E-state index < -0.39 is 15.4 Å². The molecule has 29 heavy (non-hydrogen) atoms. The van der Waals surface area contributed by atoms with Crippen LogP contribution in [-0.4, -0.2) is 29.4 Å². The topological polar surface area (TPSA) is 77.4 Å². The Morgan fingerprint density at radius 1 is 0.655 bits per heavy atom. The molecule has 170 valence electrons. The summed E-state index contributed by atoms with van der Waals surface area (Å²) in [6, 6.07) is 0. The Labute approximate surface area is 204 Å². The second-order valence-corrected chi connectivity index (χ2v) is 10.1. The zero-order valence-electron chi connectivity index (χ0n) is 19.7. The van der Waals surface area contributed by atoms with Crippen LogP contribution in [0.3, 0.4) is 0 Å². The van der Waals surface area contributed by atoms with Gasteiger partial charge in [0.1, 0.15) is 0 Å². The molecule has 0 aromatic rings. The molecule has 0 amide bonds. The molecule has 0 spiro atoms. The minimum atomic E-state index is -4.16. The van der Waals surface area contributed by atoms with Gasteiger partial charge in [0.05, 0.1) is 16.2 Å². The van der Waals surface area contributed by atoms with Crippen molar-refractivity contribution < 1.29 is 47.6 Å². The van der Waals surface area contributed by atoms with E-state index >= 15 is 0 Å². The van der Waals surface area contributed by atoms with E-state index in [0.29, 0.717) is 25.7 Å². The van der Waals surface area contributed by atoms with Crippen molar-refractivity contribution in [3.05, 3.63) is 0 Å².